The van der Waals surface area contributed by atoms with Gasteiger partial charge in [-0.05, 0) is 43.4 Å². The van der Waals surface area contributed by atoms with E-state index >= 15 is 0 Å². The van der Waals surface area contributed by atoms with Gasteiger partial charge in [0.15, 0.2) is 0 Å². The first-order valence-electron chi connectivity index (χ1n) is 11.2. The Bertz CT molecular complexity index is 755. The van der Waals surface area contributed by atoms with Crippen molar-refractivity contribution in [2.75, 3.05) is 51.1 Å². The number of amides is 2. The second-order valence-corrected chi connectivity index (χ2v) is 8.86. The Hall–Kier alpha value is -1.34. The van der Waals surface area contributed by atoms with Gasteiger partial charge < -0.3 is 15.5 Å². The number of para-hydroxylation sites is 1. The summed E-state index contributed by atoms with van der Waals surface area (Å²) in [7, 11) is 0. The first kappa shape index (κ1) is 25.9. The smallest absolute Gasteiger partial charge is 0.238 e. The van der Waals surface area contributed by atoms with Crippen molar-refractivity contribution in [1.82, 2.24) is 15.1 Å². The van der Waals surface area contributed by atoms with E-state index in [9.17, 15) is 9.59 Å². The van der Waals surface area contributed by atoms with E-state index in [1.54, 1.807) is 0 Å². The number of halogens is 2. The van der Waals surface area contributed by atoms with Gasteiger partial charge in [0.05, 0.1) is 12.0 Å². The van der Waals surface area contributed by atoms with Crippen molar-refractivity contribution < 1.29 is 9.59 Å². The van der Waals surface area contributed by atoms with Crippen LogP contribution in [0.3, 0.4) is 0 Å². The molecule has 6 nitrogen and oxygen atoms in total. The van der Waals surface area contributed by atoms with Gasteiger partial charge in [-0.1, -0.05) is 38.0 Å². The summed E-state index contributed by atoms with van der Waals surface area (Å²) in [6.45, 7) is 7.30. The van der Waals surface area contributed by atoms with Crippen LogP contribution in [0.25, 0.3) is 0 Å². The van der Waals surface area contributed by atoms with E-state index in [0.29, 0.717) is 18.4 Å². The molecule has 1 saturated carbocycles. The van der Waals surface area contributed by atoms with Crippen LogP contribution in [0.15, 0.2) is 24.3 Å². The lowest BCUT2D eigenvalue weighted by Crippen LogP contribution is -2.56. The topological polar surface area (TPSA) is 64.7 Å². The van der Waals surface area contributed by atoms with Crippen molar-refractivity contribution in [1.29, 1.82) is 0 Å². The monoisotopic (exact) mass is 470 g/mol. The van der Waals surface area contributed by atoms with E-state index in [2.05, 4.69) is 33.4 Å². The Labute approximate surface area is 198 Å². The fourth-order valence-corrected chi connectivity index (χ4v) is 5.44. The molecule has 0 radical (unpaired) electrons. The van der Waals surface area contributed by atoms with Gasteiger partial charge in [-0.25, -0.2) is 0 Å². The molecule has 174 valence electrons. The number of benzene rings is 1. The maximum atomic E-state index is 13.4. The molecule has 3 fully saturated rings. The number of fused-ring (bicyclic) bond motifs is 1. The number of hydrogen-bond acceptors (Lipinski definition) is 4. The molecule has 1 aliphatic carbocycles. The number of carbonyl (C=O) groups is 2. The molecule has 2 heterocycles. The van der Waals surface area contributed by atoms with Crippen LogP contribution in [0.1, 0.15) is 38.2 Å². The number of aryl methyl sites for hydroxylation is 1. The van der Waals surface area contributed by atoms with E-state index in [1.807, 2.05) is 18.2 Å². The van der Waals surface area contributed by atoms with Crippen LogP contribution in [0.4, 0.5) is 5.69 Å². The number of hydrogen-bond donors (Lipinski definition) is 2. The molecule has 31 heavy (non-hydrogen) atoms. The quantitative estimate of drug-likeness (QED) is 0.693. The highest BCUT2D eigenvalue weighted by Crippen LogP contribution is 2.45. The van der Waals surface area contributed by atoms with Gasteiger partial charge >= 0.3 is 0 Å². The Kier molecular flexibility index (Phi) is 9.62. The highest BCUT2D eigenvalue weighted by atomic mass is 35.5. The summed E-state index contributed by atoms with van der Waals surface area (Å²) in [5, 5.41) is 6.54. The maximum absolute atomic E-state index is 13.4. The minimum Gasteiger partial charge on any atom is -0.340 e. The van der Waals surface area contributed by atoms with Crippen molar-refractivity contribution in [3.63, 3.8) is 0 Å². The molecule has 0 bridgehead atoms. The molecule has 0 spiro atoms. The van der Waals surface area contributed by atoms with Crippen molar-refractivity contribution in [3.8, 4) is 0 Å². The SMILES string of the molecule is CCc1ccccc1NC(=O)CN1CCN(C(=O)[C@@]23CCCC[C@H]2CNC3)CC1.Cl.Cl. The van der Waals surface area contributed by atoms with Crippen molar-refractivity contribution >= 4 is 42.3 Å². The zero-order chi connectivity index (χ0) is 20.3. The number of carbonyl (C=O) groups excluding carboxylic acids is 2. The van der Waals surface area contributed by atoms with Gasteiger partial charge in [0.1, 0.15) is 0 Å². The molecule has 0 unspecified atom stereocenters. The predicted molar refractivity (Wildman–Crippen MR) is 129 cm³/mol. The lowest BCUT2D eigenvalue weighted by molar-refractivity contribution is -0.147. The van der Waals surface area contributed by atoms with Crippen molar-refractivity contribution in [2.24, 2.45) is 11.3 Å². The van der Waals surface area contributed by atoms with Crippen molar-refractivity contribution in [2.45, 2.75) is 39.0 Å². The second-order valence-electron chi connectivity index (χ2n) is 8.86. The molecule has 8 heteroatoms. The fourth-order valence-electron chi connectivity index (χ4n) is 5.44. The Morgan fingerprint density at radius 1 is 1.13 bits per heavy atom. The standard InChI is InChI=1S/C23H34N4O2.2ClH/c1-2-18-7-3-4-9-20(18)25-21(28)16-26-11-13-27(14-12-26)22(29)23-10-6-5-8-19(23)15-24-17-23;;/h3-4,7,9,19,24H,2,5-6,8,10-17H2,1H3,(H,25,28);2*1H/t19-,23+;;/m0../s1. The highest BCUT2D eigenvalue weighted by Gasteiger charge is 2.51. The van der Waals surface area contributed by atoms with Crippen LogP contribution in [0.2, 0.25) is 0 Å². The number of anilines is 1. The number of piperazine rings is 1. The summed E-state index contributed by atoms with van der Waals surface area (Å²) in [6.07, 6.45) is 5.53. The van der Waals surface area contributed by atoms with Crippen LogP contribution in [0, 0.1) is 11.3 Å². The number of nitrogens with one attached hydrogen (secondary N) is 2. The maximum Gasteiger partial charge on any atom is 0.238 e. The van der Waals surface area contributed by atoms with Gasteiger partial charge in [0.25, 0.3) is 0 Å². The summed E-state index contributed by atoms with van der Waals surface area (Å²) >= 11 is 0. The molecule has 2 saturated heterocycles. The molecule has 2 amide bonds. The van der Waals surface area contributed by atoms with E-state index in [0.717, 1.165) is 63.4 Å². The van der Waals surface area contributed by atoms with Crippen LogP contribution in [-0.2, 0) is 16.0 Å². The Morgan fingerprint density at radius 2 is 1.87 bits per heavy atom. The first-order valence-corrected chi connectivity index (χ1v) is 11.2. The lowest BCUT2D eigenvalue weighted by Gasteiger charge is -2.43. The third-order valence-electron chi connectivity index (χ3n) is 7.16. The van der Waals surface area contributed by atoms with Crippen molar-refractivity contribution in [3.05, 3.63) is 29.8 Å². The predicted octanol–water partition coefficient (Wildman–Crippen LogP) is 2.96. The molecule has 2 aliphatic heterocycles. The van der Waals surface area contributed by atoms with Gasteiger partial charge in [0.2, 0.25) is 11.8 Å². The largest absolute Gasteiger partial charge is 0.340 e. The minimum absolute atomic E-state index is 0. The molecule has 0 aromatic heterocycles. The average molecular weight is 471 g/mol. The van der Waals surface area contributed by atoms with E-state index in [1.165, 1.54) is 19.3 Å². The van der Waals surface area contributed by atoms with Gasteiger partial charge in [0, 0.05) is 38.4 Å². The zero-order valence-corrected chi connectivity index (χ0v) is 20.0. The number of nitrogens with zero attached hydrogens (tertiary/aromatic N) is 2. The van der Waals surface area contributed by atoms with E-state index in [4.69, 9.17) is 0 Å². The minimum atomic E-state index is -0.165. The first-order chi connectivity index (χ1) is 14.1. The van der Waals surface area contributed by atoms with E-state index < -0.39 is 0 Å². The van der Waals surface area contributed by atoms with Gasteiger partial charge in [-0.3, -0.25) is 14.5 Å². The van der Waals surface area contributed by atoms with Gasteiger partial charge in [-0.15, -0.1) is 24.8 Å². The molecular formula is C23H36Cl2N4O2. The normalized spacial score (nSPS) is 25.7. The molecule has 3 aliphatic rings. The summed E-state index contributed by atoms with van der Waals surface area (Å²) < 4.78 is 0. The molecule has 1 aromatic rings. The molecule has 2 atom stereocenters. The van der Waals surface area contributed by atoms with E-state index in [-0.39, 0.29) is 36.1 Å². The second kappa shape index (κ2) is 11.5. The molecular weight excluding hydrogens is 435 g/mol. The summed E-state index contributed by atoms with van der Waals surface area (Å²) in [5.41, 5.74) is 1.90. The highest BCUT2D eigenvalue weighted by molar-refractivity contribution is 5.93. The fraction of sp³-hybridized carbons (Fsp3) is 0.652. The third-order valence-corrected chi connectivity index (χ3v) is 7.16. The van der Waals surface area contributed by atoms with Crippen LogP contribution in [-0.4, -0.2) is 67.4 Å². The Balaban J connectivity index is 0.00000171. The number of rotatable bonds is 5. The summed E-state index contributed by atoms with van der Waals surface area (Å²) in [4.78, 5) is 30.1. The van der Waals surface area contributed by atoms with Crippen LogP contribution >= 0.6 is 24.8 Å². The van der Waals surface area contributed by atoms with Gasteiger partial charge in [-0.2, -0.15) is 0 Å². The lowest BCUT2D eigenvalue weighted by atomic mass is 9.67. The Morgan fingerprint density at radius 3 is 2.61 bits per heavy atom. The molecule has 2 N–H and O–H groups in total. The van der Waals surface area contributed by atoms with Crippen LogP contribution in [0.5, 0.6) is 0 Å². The van der Waals surface area contributed by atoms with Crippen LogP contribution < -0.4 is 10.6 Å². The average Bonchev–Trinajstić information content (AvgIpc) is 3.19. The summed E-state index contributed by atoms with van der Waals surface area (Å²) in [5.74, 6) is 0.885. The molecule has 1 aromatic carbocycles. The third kappa shape index (κ3) is 5.54. The zero-order valence-electron chi connectivity index (χ0n) is 18.4. The summed E-state index contributed by atoms with van der Waals surface area (Å²) in [6, 6.07) is 7.97. The molecule has 4 rings (SSSR count).